The first-order valence-electron chi connectivity index (χ1n) is 7.06. The fourth-order valence-electron chi connectivity index (χ4n) is 1.64. The lowest BCUT2D eigenvalue weighted by atomic mass is 9.89. The van der Waals surface area contributed by atoms with Gasteiger partial charge in [-0.15, -0.1) is 0 Å². The number of allylic oxidation sites excluding steroid dienone is 1. The molecular formula is C16H33N. The summed E-state index contributed by atoms with van der Waals surface area (Å²) in [6.45, 7) is 18.7. The van der Waals surface area contributed by atoms with Crippen molar-refractivity contribution in [3.05, 3.63) is 12.3 Å². The van der Waals surface area contributed by atoms with E-state index in [0.717, 1.165) is 12.2 Å². The van der Waals surface area contributed by atoms with Crippen LogP contribution >= 0.6 is 0 Å². The van der Waals surface area contributed by atoms with E-state index in [1.807, 2.05) is 0 Å². The van der Waals surface area contributed by atoms with Gasteiger partial charge in [-0.1, -0.05) is 67.4 Å². The molecular weight excluding hydrogens is 206 g/mol. The summed E-state index contributed by atoms with van der Waals surface area (Å²) in [6, 6.07) is 0. The Morgan fingerprint density at radius 3 is 1.88 bits per heavy atom. The van der Waals surface area contributed by atoms with Crippen molar-refractivity contribution in [2.45, 2.75) is 73.6 Å². The molecule has 0 heterocycles. The van der Waals surface area contributed by atoms with E-state index >= 15 is 0 Å². The Hall–Kier alpha value is -0.460. The average molecular weight is 239 g/mol. The van der Waals surface area contributed by atoms with Crippen LogP contribution in [0.15, 0.2) is 12.3 Å². The molecule has 0 rings (SSSR count). The van der Waals surface area contributed by atoms with Crippen molar-refractivity contribution in [3.63, 3.8) is 0 Å². The first-order chi connectivity index (χ1) is 7.63. The Bertz CT molecular complexity index is 215. The SMILES string of the molecule is C=C(NCCCCCCC(C)(C)C)C(C)(C)C. The van der Waals surface area contributed by atoms with Crippen LogP contribution in [0.4, 0.5) is 0 Å². The highest BCUT2D eigenvalue weighted by Crippen LogP contribution is 2.22. The molecule has 1 nitrogen and oxygen atoms in total. The molecule has 0 aromatic rings. The minimum atomic E-state index is 0.187. The van der Waals surface area contributed by atoms with Gasteiger partial charge < -0.3 is 5.32 Å². The van der Waals surface area contributed by atoms with Crippen molar-refractivity contribution in [1.29, 1.82) is 0 Å². The van der Waals surface area contributed by atoms with Gasteiger partial charge in [0.1, 0.15) is 0 Å². The molecule has 0 atom stereocenters. The van der Waals surface area contributed by atoms with E-state index in [0.29, 0.717) is 5.41 Å². The van der Waals surface area contributed by atoms with Crippen LogP contribution in [-0.2, 0) is 0 Å². The van der Waals surface area contributed by atoms with Gasteiger partial charge in [0.15, 0.2) is 0 Å². The van der Waals surface area contributed by atoms with Crippen LogP contribution in [0.3, 0.4) is 0 Å². The molecule has 0 fully saturated rings. The Morgan fingerprint density at radius 1 is 0.882 bits per heavy atom. The maximum absolute atomic E-state index is 4.08. The zero-order valence-corrected chi connectivity index (χ0v) is 12.9. The third-order valence-corrected chi connectivity index (χ3v) is 3.10. The zero-order chi connectivity index (χ0) is 13.5. The highest BCUT2D eigenvalue weighted by molar-refractivity contribution is 5.02. The lowest BCUT2D eigenvalue weighted by molar-refractivity contribution is 0.356. The van der Waals surface area contributed by atoms with Crippen LogP contribution in [0.5, 0.6) is 0 Å². The molecule has 102 valence electrons. The second-order valence-electron chi connectivity index (χ2n) is 7.38. The van der Waals surface area contributed by atoms with Crippen molar-refractivity contribution < 1.29 is 0 Å². The molecule has 0 unspecified atom stereocenters. The maximum Gasteiger partial charge on any atom is 0.0143 e. The molecule has 0 aromatic carbocycles. The van der Waals surface area contributed by atoms with Crippen LogP contribution in [0.2, 0.25) is 0 Å². The summed E-state index contributed by atoms with van der Waals surface area (Å²) in [5.74, 6) is 0. The van der Waals surface area contributed by atoms with E-state index in [1.54, 1.807) is 0 Å². The number of unbranched alkanes of at least 4 members (excludes halogenated alkanes) is 3. The fourth-order valence-corrected chi connectivity index (χ4v) is 1.64. The lowest BCUT2D eigenvalue weighted by Crippen LogP contribution is -2.24. The Morgan fingerprint density at radius 2 is 1.41 bits per heavy atom. The van der Waals surface area contributed by atoms with Gasteiger partial charge >= 0.3 is 0 Å². The van der Waals surface area contributed by atoms with Crippen molar-refractivity contribution >= 4 is 0 Å². The molecule has 0 spiro atoms. The first-order valence-corrected chi connectivity index (χ1v) is 7.06. The third-order valence-electron chi connectivity index (χ3n) is 3.10. The van der Waals surface area contributed by atoms with Crippen molar-refractivity contribution in [1.82, 2.24) is 5.32 Å². The zero-order valence-electron chi connectivity index (χ0n) is 12.9. The summed E-state index contributed by atoms with van der Waals surface area (Å²) in [7, 11) is 0. The van der Waals surface area contributed by atoms with Gasteiger partial charge in [0.2, 0.25) is 0 Å². The topological polar surface area (TPSA) is 12.0 Å². The van der Waals surface area contributed by atoms with E-state index in [2.05, 4.69) is 53.4 Å². The molecule has 0 aliphatic heterocycles. The van der Waals surface area contributed by atoms with Gasteiger partial charge in [-0.25, -0.2) is 0 Å². The number of hydrogen-bond acceptors (Lipinski definition) is 1. The van der Waals surface area contributed by atoms with Gasteiger partial charge in [0.05, 0.1) is 0 Å². The molecule has 0 radical (unpaired) electrons. The van der Waals surface area contributed by atoms with Gasteiger partial charge in [0, 0.05) is 17.7 Å². The van der Waals surface area contributed by atoms with Gasteiger partial charge in [-0.05, 0) is 18.3 Å². The molecule has 1 heteroatoms. The van der Waals surface area contributed by atoms with Crippen LogP contribution in [-0.4, -0.2) is 6.54 Å². The van der Waals surface area contributed by atoms with E-state index in [-0.39, 0.29) is 5.41 Å². The maximum atomic E-state index is 4.08. The smallest absolute Gasteiger partial charge is 0.0143 e. The second-order valence-corrected chi connectivity index (χ2v) is 7.38. The van der Waals surface area contributed by atoms with Crippen molar-refractivity contribution in [3.8, 4) is 0 Å². The van der Waals surface area contributed by atoms with E-state index in [4.69, 9.17) is 0 Å². The number of rotatable bonds is 7. The Kier molecular flexibility index (Phi) is 6.89. The molecule has 17 heavy (non-hydrogen) atoms. The van der Waals surface area contributed by atoms with Crippen molar-refractivity contribution in [2.24, 2.45) is 10.8 Å². The largest absolute Gasteiger partial charge is 0.388 e. The molecule has 0 aromatic heterocycles. The highest BCUT2D eigenvalue weighted by atomic mass is 14.9. The van der Waals surface area contributed by atoms with Crippen LogP contribution in [0.1, 0.15) is 73.6 Å². The van der Waals surface area contributed by atoms with E-state index in [9.17, 15) is 0 Å². The summed E-state index contributed by atoms with van der Waals surface area (Å²) in [4.78, 5) is 0. The molecule has 0 amide bonds. The number of nitrogens with one attached hydrogen (secondary N) is 1. The highest BCUT2D eigenvalue weighted by Gasteiger charge is 2.13. The van der Waals surface area contributed by atoms with E-state index in [1.165, 1.54) is 32.1 Å². The third kappa shape index (κ3) is 10.4. The summed E-state index contributed by atoms with van der Waals surface area (Å²) < 4.78 is 0. The quantitative estimate of drug-likeness (QED) is 0.607. The van der Waals surface area contributed by atoms with Crippen molar-refractivity contribution in [2.75, 3.05) is 6.54 Å². The van der Waals surface area contributed by atoms with Gasteiger partial charge in [-0.3, -0.25) is 0 Å². The number of hydrogen-bond donors (Lipinski definition) is 1. The van der Waals surface area contributed by atoms with Crippen LogP contribution < -0.4 is 5.32 Å². The Labute approximate surface area is 109 Å². The summed E-state index contributed by atoms with van der Waals surface area (Å²) in [6.07, 6.45) is 6.67. The van der Waals surface area contributed by atoms with Gasteiger partial charge in [0.25, 0.3) is 0 Å². The summed E-state index contributed by atoms with van der Waals surface area (Å²) in [5.41, 5.74) is 1.84. The fraction of sp³-hybridized carbons (Fsp3) is 0.875. The predicted molar refractivity (Wildman–Crippen MR) is 79.1 cm³/mol. The first kappa shape index (κ1) is 16.5. The summed E-state index contributed by atoms with van der Waals surface area (Å²) >= 11 is 0. The van der Waals surface area contributed by atoms with Crippen LogP contribution in [0.25, 0.3) is 0 Å². The molecule has 1 N–H and O–H groups in total. The average Bonchev–Trinajstić information content (AvgIpc) is 2.12. The molecule has 0 aliphatic rings. The Balaban J connectivity index is 3.39. The van der Waals surface area contributed by atoms with Gasteiger partial charge in [-0.2, -0.15) is 0 Å². The molecule has 0 saturated heterocycles. The molecule has 0 saturated carbocycles. The lowest BCUT2D eigenvalue weighted by Gasteiger charge is -2.23. The van der Waals surface area contributed by atoms with E-state index < -0.39 is 0 Å². The normalized spacial score (nSPS) is 12.6. The standard InChI is InChI=1S/C16H33N/c1-14(16(5,6)7)17-13-11-9-8-10-12-15(2,3)4/h17H,1,8-13H2,2-7H3. The summed E-state index contributed by atoms with van der Waals surface area (Å²) in [5, 5.41) is 3.44. The molecule has 0 aliphatic carbocycles. The monoisotopic (exact) mass is 239 g/mol. The second kappa shape index (κ2) is 7.08. The predicted octanol–water partition coefficient (Wildman–Crippen LogP) is 5.13. The minimum Gasteiger partial charge on any atom is -0.388 e. The molecule has 0 bridgehead atoms. The van der Waals surface area contributed by atoms with Crippen LogP contribution in [0, 0.1) is 10.8 Å². The minimum absolute atomic E-state index is 0.187.